The molecule has 0 aromatic carbocycles. The van der Waals surface area contributed by atoms with Crippen molar-refractivity contribution in [2.75, 3.05) is 13.2 Å². The van der Waals surface area contributed by atoms with Gasteiger partial charge in [-0.15, -0.1) is 0 Å². The third-order valence-corrected chi connectivity index (χ3v) is 5.00. The summed E-state index contributed by atoms with van der Waals surface area (Å²) in [6.45, 7) is 5.35. The number of allylic oxidation sites excluding steroid dienone is 3. The molecule has 1 aliphatic carbocycles. The number of hydrogen-bond donors (Lipinski definition) is 4. The SMILES string of the molecule is CCC1(OCC2CCCN2)C=CC=C2NC(C)=C(C(=O)O)C(N)=C21. The van der Waals surface area contributed by atoms with Crippen LogP contribution < -0.4 is 16.4 Å². The highest BCUT2D eigenvalue weighted by Gasteiger charge is 2.41. The number of carboxylic acids is 1. The van der Waals surface area contributed by atoms with E-state index >= 15 is 0 Å². The maximum absolute atomic E-state index is 11.6. The fourth-order valence-corrected chi connectivity index (χ4v) is 3.70. The van der Waals surface area contributed by atoms with Gasteiger partial charge in [-0.3, -0.25) is 0 Å². The molecular formula is C18H25N3O3. The fourth-order valence-electron chi connectivity index (χ4n) is 3.70. The van der Waals surface area contributed by atoms with Crippen LogP contribution in [-0.4, -0.2) is 35.9 Å². The minimum Gasteiger partial charge on any atom is -0.478 e. The lowest BCUT2D eigenvalue weighted by Crippen LogP contribution is -2.44. The van der Waals surface area contributed by atoms with E-state index in [9.17, 15) is 9.90 Å². The number of rotatable bonds is 5. The monoisotopic (exact) mass is 331 g/mol. The van der Waals surface area contributed by atoms with Gasteiger partial charge in [0.15, 0.2) is 0 Å². The zero-order valence-corrected chi connectivity index (χ0v) is 14.2. The van der Waals surface area contributed by atoms with E-state index in [-0.39, 0.29) is 11.3 Å². The van der Waals surface area contributed by atoms with E-state index in [1.165, 1.54) is 0 Å². The van der Waals surface area contributed by atoms with Gasteiger partial charge in [-0.2, -0.15) is 0 Å². The highest BCUT2D eigenvalue weighted by Crippen LogP contribution is 2.40. The number of carbonyl (C=O) groups is 1. The van der Waals surface area contributed by atoms with Crippen LogP contribution in [0.3, 0.4) is 0 Å². The maximum atomic E-state index is 11.6. The third-order valence-electron chi connectivity index (χ3n) is 5.00. The molecule has 0 aromatic heterocycles. The van der Waals surface area contributed by atoms with E-state index in [1.54, 1.807) is 6.92 Å². The molecule has 0 spiro atoms. The highest BCUT2D eigenvalue weighted by molar-refractivity contribution is 5.94. The lowest BCUT2D eigenvalue weighted by atomic mass is 9.80. The average molecular weight is 331 g/mol. The molecule has 2 atom stereocenters. The van der Waals surface area contributed by atoms with Gasteiger partial charge >= 0.3 is 5.97 Å². The molecule has 0 bridgehead atoms. The Bertz CT molecular complexity index is 669. The zero-order chi connectivity index (χ0) is 17.3. The molecule has 5 N–H and O–H groups in total. The Balaban J connectivity index is 1.98. The van der Waals surface area contributed by atoms with Gasteiger partial charge in [-0.25, -0.2) is 4.79 Å². The molecule has 6 nitrogen and oxygen atoms in total. The minimum absolute atomic E-state index is 0.123. The van der Waals surface area contributed by atoms with Crippen molar-refractivity contribution >= 4 is 5.97 Å². The summed E-state index contributed by atoms with van der Waals surface area (Å²) in [6, 6.07) is 0.339. The largest absolute Gasteiger partial charge is 0.478 e. The summed E-state index contributed by atoms with van der Waals surface area (Å²) in [5.74, 6) is -1.03. The Hall–Kier alpha value is -2.05. The lowest BCUT2D eigenvalue weighted by molar-refractivity contribution is -0.132. The first-order valence-corrected chi connectivity index (χ1v) is 8.47. The van der Waals surface area contributed by atoms with Crippen molar-refractivity contribution in [1.82, 2.24) is 10.6 Å². The van der Waals surface area contributed by atoms with Gasteiger partial charge < -0.3 is 26.2 Å². The fraction of sp³-hybridized carbons (Fsp3) is 0.500. The summed E-state index contributed by atoms with van der Waals surface area (Å²) in [4.78, 5) is 11.6. The number of nitrogens with two attached hydrogens (primary N) is 1. The van der Waals surface area contributed by atoms with Crippen LogP contribution in [0.25, 0.3) is 0 Å². The molecule has 1 fully saturated rings. The minimum atomic E-state index is -1.03. The molecule has 2 aliphatic heterocycles. The quantitative estimate of drug-likeness (QED) is 0.610. The van der Waals surface area contributed by atoms with E-state index < -0.39 is 11.6 Å². The molecule has 24 heavy (non-hydrogen) atoms. The molecule has 0 amide bonds. The molecular weight excluding hydrogens is 306 g/mol. The Morgan fingerprint density at radius 3 is 2.96 bits per heavy atom. The number of hydrogen-bond acceptors (Lipinski definition) is 5. The Labute approximate surface area is 142 Å². The van der Waals surface area contributed by atoms with Gasteiger partial charge in [0.1, 0.15) is 11.2 Å². The smallest absolute Gasteiger partial charge is 0.339 e. The van der Waals surface area contributed by atoms with Crippen molar-refractivity contribution < 1.29 is 14.6 Å². The van der Waals surface area contributed by atoms with Crippen molar-refractivity contribution in [3.8, 4) is 0 Å². The third kappa shape index (κ3) is 2.76. The van der Waals surface area contributed by atoms with E-state index in [1.807, 2.05) is 25.2 Å². The molecule has 2 heterocycles. The summed E-state index contributed by atoms with van der Waals surface area (Å²) < 4.78 is 6.32. The van der Waals surface area contributed by atoms with E-state index in [0.29, 0.717) is 24.8 Å². The van der Waals surface area contributed by atoms with Crippen molar-refractivity contribution in [2.45, 2.75) is 44.8 Å². The first kappa shape index (κ1) is 16.8. The number of carboxylic acid groups (broad SMARTS) is 1. The van der Waals surface area contributed by atoms with Crippen LogP contribution in [0.2, 0.25) is 0 Å². The van der Waals surface area contributed by atoms with Gasteiger partial charge in [0.25, 0.3) is 0 Å². The Morgan fingerprint density at radius 1 is 1.54 bits per heavy atom. The summed E-state index contributed by atoms with van der Waals surface area (Å²) in [6.07, 6.45) is 8.77. The van der Waals surface area contributed by atoms with Crippen LogP contribution in [0.1, 0.15) is 33.1 Å². The molecule has 3 rings (SSSR count). The highest BCUT2D eigenvalue weighted by atomic mass is 16.5. The summed E-state index contributed by atoms with van der Waals surface area (Å²) in [5, 5.41) is 16.1. The van der Waals surface area contributed by atoms with E-state index in [2.05, 4.69) is 10.6 Å². The van der Waals surface area contributed by atoms with Gasteiger partial charge in [0.2, 0.25) is 0 Å². The summed E-state index contributed by atoms with van der Waals surface area (Å²) in [7, 11) is 0. The van der Waals surface area contributed by atoms with E-state index in [0.717, 1.165) is 30.7 Å². The van der Waals surface area contributed by atoms with Gasteiger partial charge in [0.05, 0.1) is 12.3 Å². The van der Waals surface area contributed by atoms with Crippen molar-refractivity contribution in [3.63, 3.8) is 0 Å². The number of aliphatic carboxylic acids is 1. The topological polar surface area (TPSA) is 96.6 Å². The van der Waals surface area contributed by atoms with Gasteiger partial charge in [0, 0.05) is 23.0 Å². The summed E-state index contributed by atoms with van der Waals surface area (Å²) >= 11 is 0. The first-order chi connectivity index (χ1) is 11.5. The zero-order valence-electron chi connectivity index (χ0n) is 14.2. The molecule has 3 aliphatic rings. The molecule has 2 unspecified atom stereocenters. The second-order valence-electron chi connectivity index (χ2n) is 6.51. The predicted octanol–water partition coefficient (Wildman–Crippen LogP) is 1.53. The van der Waals surface area contributed by atoms with E-state index in [4.69, 9.17) is 10.5 Å². The van der Waals surface area contributed by atoms with Crippen molar-refractivity contribution in [3.05, 3.63) is 46.5 Å². The molecule has 0 radical (unpaired) electrons. The van der Waals surface area contributed by atoms with Crippen LogP contribution in [0.15, 0.2) is 46.5 Å². The van der Waals surface area contributed by atoms with Crippen LogP contribution in [-0.2, 0) is 9.53 Å². The number of dihydropyridines is 1. The molecule has 0 saturated carbocycles. The Kier molecular flexibility index (Phi) is 4.51. The normalized spacial score (nSPS) is 29.4. The van der Waals surface area contributed by atoms with Crippen molar-refractivity contribution in [1.29, 1.82) is 0 Å². The lowest BCUT2D eigenvalue weighted by Gasteiger charge is -2.40. The second-order valence-corrected chi connectivity index (χ2v) is 6.51. The molecule has 6 heteroatoms. The number of fused-ring (bicyclic) bond motifs is 1. The molecule has 130 valence electrons. The van der Waals surface area contributed by atoms with Crippen LogP contribution in [0.5, 0.6) is 0 Å². The average Bonchev–Trinajstić information content (AvgIpc) is 3.05. The van der Waals surface area contributed by atoms with Gasteiger partial charge in [-0.1, -0.05) is 13.0 Å². The standard InChI is InChI=1S/C18H25N3O3/c1-3-18(24-10-12-6-5-9-20-12)8-4-7-13-15(18)16(19)14(17(22)23)11(2)21-13/h4,7-8,12,20-21H,3,5-6,9-10,19H2,1-2H3,(H,22,23). The first-order valence-electron chi connectivity index (χ1n) is 8.47. The summed E-state index contributed by atoms with van der Waals surface area (Å²) in [5.41, 5.74) is 8.10. The predicted molar refractivity (Wildman–Crippen MR) is 91.9 cm³/mol. The number of ether oxygens (including phenoxy) is 1. The molecule has 1 saturated heterocycles. The van der Waals surface area contributed by atoms with Crippen LogP contribution in [0, 0.1) is 0 Å². The number of nitrogens with one attached hydrogen (secondary N) is 2. The molecule has 0 aromatic rings. The van der Waals surface area contributed by atoms with Crippen LogP contribution in [0.4, 0.5) is 0 Å². The van der Waals surface area contributed by atoms with Crippen LogP contribution >= 0.6 is 0 Å². The second kappa shape index (κ2) is 6.45. The van der Waals surface area contributed by atoms with Crippen molar-refractivity contribution in [2.24, 2.45) is 5.73 Å². The van der Waals surface area contributed by atoms with Gasteiger partial charge in [-0.05, 0) is 44.9 Å². The maximum Gasteiger partial charge on any atom is 0.339 e. The Morgan fingerprint density at radius 2 is 2.33 bits per heavy atom.